The van der Waals surface area contributed by atoms with E-state index in [-0.39, 0.29) is 5.82 Å². The van der Waals surface area contributed by atoms with Crippen molar-refractivity contribution < 1.29 is 9.13 Å². The number of nitrogens with zero attached hydrogens (tertiary/aromatic N) is 1. The van der Waals surface area contributed by atoms with Gasteiger partial charge in [0.25, 0.3) is 0 Å². The molecule has 0 saturated carbocycles. The topological polar surface area (TPSA) is 12.5 Å². The first kappa shape index (κ1) is 11.0. The van der Waals surface area contributed by atoms with Crippen molar-refractivity contribution in [1.82, 2.24) is 4.90 Å². The molecule has 3 aliphatic heterocycles. The lowest BCUT2D eigenvalue weighted by Gasteiger charge is -2.44. The van der Waals surface area contributed by atoms with E-state index >= 15 is 0 Å². The van der Waals surface area contributed by atoms with Crippen molar-refractivity contribution in [3.63, 3.8) is 0 Å². The summed E-state index contributed by atoms with van der Waals surface area (Å²) in [7, 11) is 0. The van der Waals surface area contributed by atoms with Gasteiger partial charge in [-0.15, -0.1) is 0 Å². The number of piperidine rings is 3. The van der Waals surface area contributed by atoms with Crippen molar-refractivity contribution in [3.05, 3.63) is 30.1 Å². The first-order chi connectivity index (χ1) is 8.31. The van der Waals surface area contributed by atoms with Crippen molar-refractivity contribution >= 4 is 0 Å². The molecule has 1 aromatic rings. The second kappa shape index (κ2) is 4.65. The van der Waals surface area contributed by atoms with Gasteiger partial charge in [-0.2, -0.15) is 0 Å². The van der Waals surface area contributed by atoms with Crippen molar-refractivity contribution in [1.29, 1.82) is 0 Å². The third kappa shape index (κ3) is 2.44. The molecular weight excluding hydrogens is 217 g/mol. The number of ether oxygens (including phenoxy) is 1. The number of rotatable bonds is 3. The third-order valence-electron chi connectivity index (χ3n) is 4.07. The highest BCUT2D eigenvalue weighted by molar-refractivity contribution is 5.22. The summed E-state index contributed by atoms with van der Waals surface area (Å²) in [5, 5.41) is 0. The van der Waals surface area contributed by atoms with E-state index in [9.17, 15) is 4.39 Å². The Morgan fingerprint density at radius 1 is 1.18 bits per heavy atom. The zero-order chi connectivity index (χ0) is 11.7. The normalized spacial score (nSPS) is 31.5. The van der Waals surface area contributed by atoms with E-state index < -0.39 is 0 Å². The molecule has 0 spiro atoms. The zero-order valence-electron chi connectivity index (χ0n) is 9.94. The summed E-state index contributed by atoms with van der Waals surface area (Å²) >= 11 is 0. The Hall–Kier alpha value is -1.09. The number of fused-ring (bicyclic) bond motifs is 3. The monoisotopic (exact) mass is 235 g/mol. The predicted molar refractivity (Wildman–Crippen MR) is 64.5 cm³/mol. The number of hydrogen-bond acceptors (Lipinski definition) is 2. The lowest BCUT2D eigenvalue weighted by Crippen LogP contribution is -2.49. The Kier molecular flexibility index (Phi) is 3.02. The summed E-state index contributed by atoms with van der Waals surface area (Å²) in [4.78, 5) is 2.53. The first-order valence-corrected chi connectivity index (χ1v) is 6.42. The molecule has 0 N–H and O–H groups in total. The van der Waals surface area contributed by atoms with Gasteiger partial charge >= 0.3 is 0 Å². The molecule has 3 saturated heterocycles. The van der Waals surface area contributed by atoms with Crippen LogP contribution >= 0.6 is 0 Å². The van der Waals surface area contributed by atoms with E-state index in [4.69, 9.17) is 4.74 Å². The van der Waals surface area contributed by atoms with Crippen molar-refractivity contribution in [2.75, 3.05) is 26.2 Å². The van der Waals surface area contributed by atoms with Gasteiger partial charge < -0.3 is 9.64 Å². The Morgan fingerprint density at radius 3 is 2.47 bits per heavy atom. The molecule has 0 radical (unpaired) electrons. The highest BCUT2D eigenvalue weighted by Gasteiger charge is 2.34. The molecule has 1 aromatic carbocycles. The van der Waals surface area contributed by atoms with Crippen molar-refractivity contribution in [2.45, 2.75) is 12.8 Å². The average molecular weight is 235 g/mol. The molecule has 0 amide bonds. The van der Waals surface area contributed by atoms with E-state index in [0.717, 1.165) is 18.3 Å². The fourth-order valence-corrected chi connectivity index (χ4v) is 3.01. The highest BCUT2D eigenvalue weighted by atomic mass is 19.1. The van der Waals surface area contributed by atoms with Crippen LogP contribution in [-0.2, 0) is 0 Å². The van der Waals surface area contributed by atoms with Gasteiger partial charge in [0.15, 0.2) is 0 Å². The lowest BCUT2D eigenvalue weighted by atomic mass is 9.79. The summed E-state index contributed by atoms with van der Waals surface area (Å²) < 4.78 is 18.5. The van der Waals surface area contributed by atoms with Crippen LogP contribution in [0.5, 0.6) is 5.75 Å². The van der Waals surface area contributed by atoms with Gasteiger partial charge in [0.1, 0.15) is 11.6 Å². The standard InChI is InChI=1S/C14H18FNO/c15-13-1-3-14(4-2-13)17-10-12-9-16-7-5-11(12)6-8-16/h1-4,11-12H,5-10H2. The third-order valence-corrected chi connectivity index (χ3v) is 4.07. The predicted octanol–water partition coefficient (Wildman–Crippen LogP) is 2.55. The summed E-state index contributed by atoms with van der Waals surface area (Å²) in [6.45, 7) is 4.47. The molecule has 4 rings (SSSR count). The minimum atomic E-state index is -0.208. The average Bonchev–Trinajstić information content (AvgIpc) is 2.39. The van der Waals surface area contributed by atoms with Crippen LogP contribution in [0.1, 0.15) is 12.8 Å². The van der Waals surface area contributed by atoms with Crippen LogP contribution in [0.2, 0.25) is 0 Å². The molecule has 0 aromatic heterocycles. The maximum atomic E-state index is 12.7. The summed E-state index contributed by atoms with van der Waals surface area (Å²) in [6.07, 6.45) is 2.63. The molecule has 1 atom stereocenters. The van der Waals surface area contributed by atoms with Crippen LogP contribution in [0.15, 0.2) is 24.3 Å². The summed E-state index contributed by atoms with van der Waals surface area (Å²) in [6, 6.07) is 6.31. The molecule has 3 heteroatoms. The zero-order valence-corrected chi connectivity index (χ0v) is 9.94. The highest BCUT2D eigenvalue weighted by Crippen LogP contribution is 2.32. The lowest BCUT2D eigenvalue weighted by molar-refractivity contribution is 0.0257. The smallest absolute Gasteiger partial charge is 0.123 e. The largest absolute Gasteiger partial charge is 0.493 e. The Morgan fingerprint density at radius 2 is 1.88 bits per heavy atom. The molecular formula is C14H18FNO. The second-order valence-corrected chi connectivity index (χ2v) is 5.16. The molecule has 0 aliphatic carbocycles. The SMILES string of the molecule is Fc1ccc(OCC2CN3CCC2CC3)cc1. The van der Waals surface area contributed by atoms with Gasteiger partial charge in [0.2, 0.25) is 0 Å². The van der Waals surface area contributed by atoms with E-state index in [2.05, 4.69) is 4.90 Å². The van der Waals surface area contributed by atoms with Gasteiger partial charge in [-0.05, 0) is 56.1 Å². The van der Waals surface area contributed by atoms with Crippen LogP contribution in [0.3, 0.4) is 0 Å². The Labute approximate surface area is 101 Å². The van der Waals surface area contributed by atoms with E-state index in [0.29, 0.717) is 5.92 Å². The molecule has 17 heavy (non-hydrogen) atoms. The molecule has 2 bridgehead atoms. The first-order valence-electron chi connectivity index (χ1n) is 6.42. The number of halogens is 1. The van der Waals surface area contributed by atoms with Crippen LogP contribution in [0, 0.1) is 17.7 Å². The van der Waals surface area contributed by atoms with Gasteiger partial charge in [0.05, 0.1) is 6.61 Å². The Balaban J connectivity index is 1.56. The van der Waals surface area contributed by atoms with Gasteiger partial charge in [-0.25, -0.2) is 4.39 Å². The molecule has 2 nitrogen and oxygen atoms in total. The minimum absolute atomic E-state index is 0.208. The van der Waals surface area contributed by atoms with Crippen LogP contribution in [0.4, 0.5) is 4.39 Å². The summed E-state index contributed by atoms with van der Waals surface area (Å²) in [5.41, 5.74) is 0. The quantitative estimate of drug-likeness (QED) is 0.798. The second-order valence-electron chi connectivity index (χ2n) is 5.16. The maximum absolute atomic E-state index is 12.7. The Bertz CT molecular complexity index is 370. The van der Waals surface area contributed by atoms with Crippen LogP contribution in [0.25, 0.3) is 0 Å². The van der Waals surface area contributed by atoms with Crippen molar-refractivity contribution in [2.24, 2.45) is 11.8 Å². The van der Waals surface area contributed by atoms with E-state index in [1.165, 1.54) is 44.6 Å². The van der Waals surface area contributed by atoms with Crippen LogP contribution in [-0.4, -0.2) is 31.1 Å². The van der Waals surface area contributed by atoms with Gasteiger partial charge in [-0.3, -0.25) is 0 Å². The van der Waals surface area contributed by atoms with Crippen molar-refractivity contribution in [3.8, 4) is 5.75 Å². The van der Waals surface area contributed by atoms with Gasteiger partial charge in [0, 0.05) is 12.5 Å². The van der Waals surface area contributed by atoms with E-state index in [1.54, 1.807) is 12.1 Å². The minimum Gasteiger partial charge on any atom is -0.493 e. The number of hydrogen-bond donors (Lipinski definition) is 0. The maximum Gasteiger partial charge on any atom is 0.123 e. The molecule has 3 heterocycles. The molecule has 92 valence electrons. The molecule has 3 aliphatic rings. The fourth-order valence-electron chi connectivity index (χ4n) is 3.01. The van der Waals surface area contributed by atoms with E-state index in [1.807, 2.05) is 0 Å². The summed E-state index contributed by atoms with van der Waals surface area (Å²) in [5.74, 6) is 2.06. The van der Waals surface area contributed by atoms with Crippen LogP contribution < -0.4 is 4.74 Å². The fraction of sp³-hybridized carbons (Fsp3) is 0.571. The molecule has 3 fully saturated rings. The number of benzene rings is 1. The van der Waals surface area contributed by atoms with Gasteiger partial charge in [-0.1, -0.05) is 0 Å². The molecule has 1 unspecified atom stereocenters.